The molecule has 0 unspecified atom stereocenters. The highest BCUT2D eigenvalue weighted by Crippen LogP contribution is 2.31. The molecule has 1 N–H and O–H groups in total. The molecular weight excluding hydrogens is 399 g/mol. The van der Waals surface area contributed by atoms with Crippen molar-refractivity contribution in [3.05, 3.63) is 76.0 Å². The van der Waals surface area contributed by atoms with Crippen LogP contribution >= 0.6 is 23.2 Å². The third-order valence-electron chi connectivity index (χ3n) is 4.26. The number of nitrogens with one attached hydrogen (secondary N) is 1. The molecule has 0 spiro atoms. The zero-order valence-electron chi connectivity index (χ0n) is 14.7. The molecule has 0 saturated heterocycles. The van der Waals surface area contributed by atoms with Crippen molar-refractivity contribution in [1.29, 1.82) is 0 Å². The van der Waals surface area contributed by atoms with Gasteiger partial charge in [0.05, 0.1) is 18.3 Å². The first-order chi connectivity index (χ1) is 13.6. The van der Waals surface area contributed by atoms with Crippen LogP contribution in [0.3, 0.4) is 0 Å². The number of hydrazone groups is 1. The summed E-state index contributed by atoms with van der Waals surface area (Å²) in [6.45, 7) is 0. The zero-order chi connectivity index (χ0) is 19.7. The van der Waals surface area contributed by atoms with Crippen LogP contribution in [0.4, 0.5) is 0 Å². The Bertz CT molecular complexity index is 1230. The van der Waals surface area contributed by atoms with E-state index >= 15 is 0 Å². The van der Waals surface area contributed by atoms with Crippen LogP contribution in [-0.2, 0) is 0 Å². The number of hydrogen-bond donors (Lipinski definition) is 1. The van der Waals surface area contributed by atoms with Crippen molar-refractivity contribution in [2.45, 2.75) is 0 Å². The second-order valence-electron chi connectivity index (χ2n) is 6.02. The number of carbonyl (C=O) groups excluding carboxylic acids is 1. The van der Waals surface area contributed by atoms with Crippen molar-refractivity contribution in [2.75, 3.05) is 7.11 Å². The van der Waals surface area contributed by atoms with E-state index in [4.69, 9.17) is 32.4 Å². The lowest BCUT2D eigenvalue weighted by molar-refractivity contribution is 0.0929. The summed E-state index contributed by atoms with van der Waals surface area (Å²) >= 11 is 12.1. The van der Waals surface area contributed by atoms with Gasteiger partial charge in [-0.2, -0.15) is 5.10 Å². The molecule has 3 aromatic carbocycles. The first-order valence-corrected chi connectivity index (χ1v) is 9.10. The highest BCUT2D eigenvalue weighted by atomic mass is 35.5. The molecule has 0 aliphatic heterocycles. The number of halogens is 2. The molecule has 0 atom stereocenters. The van der Waals surface area contributed by atoms with Crippen LogP contribution in [0.25, 0.3) is 21.7 Å². The summed E-state index contributed by atoms with van der Waals surface area (Å²) in [5.74, 6) is 0.113. The number of benzene rings is 3. The van der Waals surface area contributed by atoms with E-state index in [9.17, 15) is 4.79 Å². The van der Waals surface area contributed by atoms with Crippen molar-refractivity contribution >= 4 is 57.1 Å². The van der Waals surface area contributed by atoms with Gasteiger partial charge in [0.25, 0.3) is 0 Å². The van der Waals surface area contributed by atoms with Crippen molar-refractivity contribution < 1.29 is 13.9 Å². The van der Waals surface area contributed by atoms with Gasteiger partial charge in [0.2, 0.25) is 0 Å². The number of ether oxygens (including phenoxy) is 1. The fourth-order valence-corrected chi connectivity index (χ4v) is 3.60. The molecule has 0 bridgehead atoms. The number of carbonyl (C=O) groups is 1. The summed E-state index contributed by atoms with van der Waals surface area (Å²) in [4.78, 5) is 12.4. The summed E-state index contributed by atoms with van der Waals surface area (Å²) in [6.07, 6.45) is 1.41. The third kappa shape index (κ3) is 3.42. The molecule has 1 amide bonds. The molecule has 0 aliphatic carbocycles. The minimum atomic E-state index is -0.469. The van der Waals surface area contributed by atoms with Crippen LogP contribution in [0, 0.1) is 0 Å². The molecule has 0 aliphatic rings. The molecule has 4 rings (SSSR count). The Kier molecular flexibility index (Phi) is 4.94. The zero-order valence-corrected chi connectivity index (χ0v) is 16.2. The Morgan fingerprint density at radius 1 is 1.11 bits per heavy atom. The third-order valence-corrected chi connectivity index (χ3v) is 4.76. The first-order valence-electron chi connectivity index (χ1n) is 8.34. The predicted octanol–water partition coefficient (Wildman–Crippen LogP) is 5.67. The van der Waals surface area contributed by atoms with Crippen LogP contribution in [0.2, 0.25) is 10.0 Å². The lowest BCUT2D eigenvalue weighted by Gasteiger charge is -2.07. The number of furan rings is 1. The van der Waals surface area contributed by atoms with E-state index in [2.05, 4.69) is 10.5 Å². The largest absolute Gasteiger partial charge is 0.495 e. The van der Waals surface area contributed by atoms with Crippen LogP contribution in [-0.4, -0.2) is 19.2 Å². The quantitative estimate of drug-likeness (QED) is 0.347. The van der Waals surface area contributed by atoms with E-state index in [-0.39, 0.29) is 5.76 Å². The van der Waals surface area contributed by atoms with Gasteiger partial charge in [0.15, 0.2) is 5.76 Å². The summed E-state index contributed by atoms with van der Waals surface area (Å²) in [5, 5.41) is 7.71. The van der Waals surface area contributed by atoms with Gasteiger partial charge in [-0.1, -0.05) is 53.5 Å². The summed E-state index contributed by atoms with van der Waals surface area (Å²) < 4.78 is 10.9. The minimum Gasteiger partial charge on any atom is -0.495 e. The summed E-state index contributed by atoms with van der Waals surface area (Å²) in [6, 6.07) is 16.6. The number of amides is 1. The predicted molar refractivity (Wildman–Crippen MR) is 112 cm³/mol. The van der Waals surface area contributed by atoms with Crippen LogP contribution in [0.15, 0.2) is 64.1 Å². The van der Waals surface area contributed by atoms with Gasteiger partial charge in [0, 0.05) is 16.0 Å². The Morgan fingerprint density at radius 2 is 1.93 bits per heavy atom. The molecule has 0 radical (unpaired) electrons. The lowest BCUT2D eigenvalue weighted by atomic mass is 10.1. The SMILES string of the molecule is COc1c(Cl)cc(Cl)cc1/C=N\NC(=O)c1cc2c(ccc3ccccc32)o1. The van der Waals surface area contributed by atoms with Crippen molar-refractivity contribution in [1.82, 2.24) is 5.43 Å². The fraction of sp³-hybridized carbons (Fsp3) is 0.0476. The highest BCUT2D eigenvalue weighted by Gasteiger charge is 2.14. The average Bonchev–Trinajstić information content (AvgIpc) is 3.12. The van der Waals surface area contributed by atoms with E-state index in [0.717, 1.165) is 16.2 Å². The van der Waals surface area contributed by atoms with Crippen LogP contribution in [0.1, 0.15) is 16.1 Å². The second kappa shape index (κ2) is 7.54. The number of nitrogens with zero attached hydrogens (tertiary/aromatic N) is 1. The van der Waals surface area contributed by atoms with Gasteiger partial charge in [-0.15, -0.1) is 0 Å². The number of hydrogen-bond acceptors (Lipinski definition) is 4. The molecule has 4 aromatic rings. The Morgan fingerprint density at radius 3 is 2.75 bits per heavy atom. The number of rotatable bonds is 4. The maximum atomic E-state index is 12.4. The molecule has 28 heavy (non-hydrogen) atoms. The monoisotopic (exact) mass is 412 g/mol. The fourth-order valence-electron chi connectivity index (χ4n) is 3.01. The molecule has 1 aromatic heterocycles. The van der Waals surface area contributed by atoms with Gasteiger partial charge in [0.1, 0.15) is 11.3 Å². The standard InChI is InChI=1S/C21H14Cl2N2O3/c1-27-20-13(8-14(22)9-17(20)23)11-24-25-21(26)19-10-16-15-5-3-2-4-12(15)6-7-18(16)28-19/h2-11H,1H3,(H,25,26)/b24-11-. The van der Waals surface area contributed by atoms with Crippen molar-refractivity contribution in [3.63, 3.8) is 0 Å². The second-order valence-corrected chi connectivity index (χ2v) is 6.86. The normalized spacial score (nSPS) is 11.4. The Labute approximate surface area is 170 Å². The van der Waals surface area contributed by atoms with E-state index in [1.807, 2.05) is 36.4 Å². The first kappa shape index (κ1) is 18.3. The van der Waals surface area contributed by atoms with Crippen molar-refractivity contribution in [3.8, 4) is 5.75 Å². The van der Waals surface area contributed by atoms with Gasteiger partial charge in [-0.25, -0.2) is 5.43 Å². The Hall–Kier alpha value is -3.02. The van der Waals surface area contributed by atoms with Crippen LogP contribution < -0.4 is 10.2 Å². The lowest BCUT2D eigenvalue weighted by Crippen LogP contribution is -2.16. The van der Waals surface area contributed by atoms with Gasteiger partial charge >= 0.3 is 5.91 Å². The molecule has 0 saturated carbocycles. The summed E-state index contributed by atoms with van der Waals surface area (Å²) in [5.41, 5.74) is 3.61. The maximum absolute atomic E-state index is 12.4. The van der Waals surface area contributed by atoms with E-state index < -0.39 is 5.91 Å². The van der Waals surface area contributed by atoms with Gasteiger partial charge in [-0.3, -0.25) is 4.79 Å². The maximum Gasteiger partial charge on any atom is 0.307 e. The molecule has 5 nitrogen and oxygen atoms in total. The van der Waals surface area contributed by atoms with Crippen LogP contribution in [0.5, 0.6) is 5.75 Å². The Balaban J connectivity index is 1.59. The topological polar surface area (TPSA) is 63.8 Å². The average molecular weight is 413 g/mol. The summed E-state index contributed by atoms with van der Waals surface area (Å²) in [7, 11) is 1.49. The van der Waals surface area contributed by atoms with E-state index in [1.165, 1.54) is 13.3 Å². The van der Waals surface area contributed by atoms with E-state index in [1.54, 1.807) is 18.2 Å². The van der Waals surface area contributed by atoms with Crippen molar-refractivity contribution in [2.24, 2.45) is 5.10 Å². The number of fused-ring (bicyclic) bond motifs is 3. The molecule has 7 heteroatoms. The van der Waals surface area contributed by atoms with Gasteiger partial charge < -0.3 is 9.15 Å². The highest BCUT2D eigenvalue weighted by molar-refractivity contribution is 6.36. The smallest absolute Gasteiger partial charge is 0.307 e. The minimum absolute atomic E-state index is 0.166. The molecule has 0 fully saturated rings. The van der Waals surface area contributed by atoms with E-state index in [0.29, 0.717) is 26.9 Å². The number of methoxy groups -OCH3 is 1. The molecule has 1 heterocycles. The van der Waals surface area contributed by atoms with Gasteiger partial charge in [-0.05, 0) is 35.0 Å². The molecular formula is C21H14Cl2N2O3. The molecule has 140 valence electrons.